The minimum atomic E-state index is -0.796. The van der Waals surface area contributed by atoms with Crippen molar-refractivity contribution < 1.29 is 20.1 Å². The summed E-state index contributed by atoms with van der Waals surface area (Å²) in [5, 5.41) is 37.3. The number of carbonyl (C=O) groups excluding carboxylic acids is 1. The standard InChI is InChI=1S/C31H35N3O4/c1-31(2,34-19-29(37)23-11-12-28(36)25(17-23)20-35)18-21-6-3-8-24(16-21)30(38)33-15-13-22-7-4-10-27-26(22)9-5-14-32-27/h3-12,14,16-17,29,34-37H,13,15,18-20H2,1-2H3,(H,33,38)/t29-/m1/s1. The van der Waals surface area contributed by atoms with Crippen molar-refractivity contribution in [2.24, 2.45) is 0 Å². The van der Waals surface area contributed by atoms with Crippen LogP contribution in [-0.2, 0) is 19.4 Å². The van der Waals surface area contributed by atoms with Gasteiger partial charge in [0.25, 0.3) is 5.91 Å². The molecule has 0 radical (unpaired) electrons. The van der Waals surface area contributed by atoms with Gasteiger partial charge < -0.3 is 26.0 Å². The molecule has 5 N–H and O–H groups in total. The van der Waals surface area contributed by atoms with E-state index in [1.165, 1.54) is 6.07 Å². The summed E-state index contributed by atoms with van der Waals surface area (Å²) < 4.78 is 0. The van der Waals surface area contributed by atoms with Crippen molar-refractivity contribution in [3.63, 3.8) is 0 Å². The molecule has 1 atom stereocenters. The van der Waals surface area contributed by atoms with Gasteiger partial charge in [0.05, 0.1) is 18.2 Å². The number of aliphatic hydroxyl groups is 2. The van der Waals surface area contributed by atoms with Crippen molar-refractivity contribution in [3.8, 4) is 5.75 Å². The molecule has 1 aromatic heterocycles. The predicted octanol–water partition coefficient (Wildman–Crippen LogP) is 4.05. The van der Waals surface area contributed by atoms with Crippen LogP contribution in [0.25, 0.3) is 10.9 Å². The van der Waals surface area contributed by atoms with E-state index >= 15 is 0 Å². The van der Waals surface area contributed by atoms with Gasteiger partial charge >= 0.3 is 0 Å². The van der Waals surface area contributed by atoms with Gasteiger partial charge in [-0.3, -0.25) is 9.78 Å². The molecule has 7 heteroatoms. The second-order valence-corrected chi connectivity index (χ2v) is 10.2. The molecule has 0 bridgehead atoms. The molecule has 4 aromatic rings. The summed E-state index contributed by atoms with van der Waals surface area (Å²) in [5.74, 6) is -0.107. The van der Waals surface area contributed by atoms with E-state index in [1.54, 1.807) is 18.3 Å². The third-order valence-corrected chi connectivity index (χ3v) is 6.68. The van der Waals surface area contributed by atoms with Crippen molar-refractivity contribution in [3.05, 3.63) is 107 Å². The van der Waals surface area contributed by atoms with E-state index in [4.69, 9.17) is 0 Å². The average molecular weight is 514 g/mol. The third kappa shape index (κ3) is 6.95. The molecule has 0 saturated heterocycles. The maximum atomic E-state index is 12.9. The molecule has 0 saturated carbocycles. The Kier molecular flexibility index (Phi) is 8.73. The third-order valence-electron chi connectivity index (χ3n) is 6.68. The molecule has 0 unspecified atom stereocenters. The van der Waals surface area contributed by atoms with E-state index in [-0.39, 0.29) is 23.8 Å². The van der Waals surface area contributed by atoms with Crippen LogP contribution in [-0.4, -0.2) is 44.8 Å². The van der Waals surface area contributed by atoms with Gasteiger partial charge in [0.2, 0.25) is 0 Å². The lowest BCUT2D eigenvalue weighted by atomic mass is 9.93. The predicted molar refractivity (Wildman–Crippen MR) is 149 cm³/mol. The Balaban J connectivity index is 1.31. The highest BCUT2D eigenvalue weighted by Crippen LogP contribution is 2.23. The first-order valence-corrected chi connectivity index (χ1v) is 12.8. The number of carbonyl (C=O) groups is 1. The molecule has 0 aliphatic rings. The summed E-state index contributed by atoms with van der Waals surface area (Å²) in [6.07, 6.45) is 2.36. The highest BCUT2D eigenvalue weighted by Gasteiger charge is 2.21. The van der Waals surface area contributed by atoms with Gasteiger partial charge in [-0.2, -0.15) is 0 Å². The van der Waals surface area contributed by atoms with Crippen LogP contribution in [0.4, 0.5) is 0 Å². The highest BCUT2D eigenvalue weighted by molar-refractivity contribution is 5.94. The van der Waals surface area contributed by atoms with Crippen LogP contribution in [0.1, 0.15) is 52.6 Å². The first-order valence-electron chi connectivity index (χ1n) is 12.8. The number of aromatic nitrogens is 1. The lowest BCUT2D eigenvalue weighted by Crippen LogP contribution is -2.43. The van der Waals surface area contributed by atoms with Crippen LogP contribution in [0.15, 0.2) is 79.0 Å². The van der Waals surface area contributed by atoms with Crippen LogP contribution < -0.4 is 10.6 Å². The lowest BCUT2D eigenvalue weighted by Gasteiger charge is -2.28. The molecule has 4 rings (SSSR count). The Morgan fingerprint density at radius 2 is 1.82 bits per heavy atom. The SMILES string of the molecule is CC(C)(Cc1cccc(C(=O)NCCc2cccc3ncccc23)c1)NC[C@@H](O)c1ccc(O)c(CO)c1. The number of rotatable bonds is 11. The first kappa shape index (κ1) is 27.3. The molecule has 0 fully saturated rings. The number of nitrogens with zero attached hydrogens (tertiary/aromatic N) is 1. The van der Waals surface area contributed by atoms with Crippen molar-refractivity contribution in [1.29, 1.82) is 0 Å². The van der Waals surface area contributed by atoms with Gasteiger partial charge in [-0.15, -0.1) is 0 Å². The molecule has 7 nitrogen and oxygen atoms in total. The first-order chi connectivity index (χ1) is 18.3. The Labute approximate surface area is 223 Å². The van der Waals surface area contributed by atoms with Crippen molar-refractivity contribution >= 4 is 16.8 Å². The van der Waals surface area contributed by atoms with E-state index in [0.29, 0.717) is 42.6 Å². The number of amides is 1. The zero-order valence-electron chi connectivity index (χ0n) is 21.8. The molecule has 0 aliphatic carbocycles. The van der Waals surface area contributed by atoms with Gasteiger partial charge in [0.1, 0.15) is 5.75 Å². The minimum absolute atomic E-state index is 0.00604. The van der Waals surface area contributed by atoms with Gasteiger partial charge in [-0.1, -0.05) is 36.4 Å². The van der Waals surface area contributed by atoms with E-state index in [2.05, 4.69) is 27.8 Å². The summed E-state index contributed by atoms with van der Waals surface area (Å²) in [7, 11) is 0. The fraction of sp³-hybridized carbons (Fsp3) is 0.290. The van der Waals surface area contributed by atoms with E-state index in [9.17, 15) is 20.1 Å². The lowest BCUT2D eigenvalue weighted by molar-refractivity contribution is 0.0954. The Bertz CT molecular complexity index is 1400. The molecule has 1 amide bonds. The van der Waals surface area contributed by atoms with Gasteiger partial charge in [0.15, 0.2) is 0 Å². The monoisotopic (exact) mass is 513 g/mol. The molecule has 3 aromatic carbocycles. The number of β-amino-alcohol motifs (C(OH)–C–C–N with tert-alkyl or cyclic N) is 1. The molecular formula is C31H35N3O4. The zero-order valence-corrected chi connectivity index (χ0v) is 21.8. The fourth-order valence-corrected chi connectivity index (χ4v) is 4.62. The zero-order chi connectivity index (χ0) is 27.1. The normalized spacial score (nSPS) is 12.4. The topological polar surface area (TPSA) is 115 Å². The summed E-state index contributed by atoms with van der Waals surface area (Å²) in [6, 6.07) is 22.3. The number of nitrogens with one attached hydrogen (secondary N) is 2. The molecule has 38 heavy (non-hydrogen) atoms. The van der Waals surface area contributed by atoms with Crippen molar-refractivity contribution in [1.82, 2.24) is 15.6 Å². The number of hydrogen-bond acceptors (Lipinski definition) is 6. The Hall–Kier alpha value is -3.78. The molecule has 0 aliphatic heterocycles. The largest absolute Gasteiger partial charge is 0.508 e. The van der Waals surface area contributed by atoms with Crippen LogP contribution in [0, 0.1) is 0 Å². The summed E-state index contributed by atoms with van der Waals surface area (Å²) >= 11 is 0. The Morgan fingerprint density at radius 3 is 2.63 bits per heavy atom. The quantitative estimate of drug-likeness (QED) is 0.207. The van der Waals surface area contributed by atoms with Crippen molar-refractivity contribution in [2.75, 3.05) is 13.1 Å². The number of phenols is 1. The van der Waals surface area contributed by atoms with Gasteiger partial charge in [0, 0.05) is 41.3 Å². The maximum absolute atomic E-state index is 12.9. The molecular weight excluding hydrogens is 478 g/mol. The highest BCUT2D eigenvalue weighted by atomic mass is 16.3. The number of fused-ring (bicyclic) bond motifs is 1. The number of pyridine rings is 1. The minimum Gasteiger partial charge on any atom is -0.508 e. The van der Waals surface area contributed by atoms with E-state index < -0.39 is 6.10 Å². The average Bonchev–Trinajstić information content (AvgIpc) is 2.92. The molecule has 1 heterocycles. The molecule has 198 valence electrons. The number of aromatic hydroxyl groups is 1. The Morgan fingerprint density at radius 1 is 1.00 bits per heavy atom. The number of benzene rings is 3. The maximum Gasteiger partial charge on any atom is 0.251 e. The second kappa shape index (κ2) is 12.2. The van der Waals surface area contributed by atoms with Crippen LogP contribution in [0.2, 0.25) is 0 Å². The molecule has 0 spiro atoms. The fourth-order valence-electron chi connectivity index (χ4n) is 4.62. The van der Waals surface area contributed by atoms with E-state index in [1.807, 2.05) is 56.3 Å². The van der Waals surface area contributed by atoms with Crippen LogP contribution in [0.5, 0.6) is 5.75 Å². The summed E-state index contributed by atoms with van der Waals surface area (Å²) in [5.41, 5.74) is 4.37. The number of aliphatic hydroxyl groups excluding tert-OH is 2. The summed E-state index contributed by atoms with van der Waals surface area (Å²) in [6.45, 7) is 4.61. The smallest absolute Gasteiger partial charge is 0.251 e. The number of hydrogen-bond donors (Lipinski definition) is 5. The van der Waals surface area contributed by atoms with Crippen LogP contribution in [0.3, 0.4) is 0 Å². The van der Waals surface area contributed by atoms with E-state index in [0.717, 1.165) is 22.0 Å². The second-order valence-electron chi connectivity index (χ2n) is 10.2. The van der Waals surface area contributed by atoms with Gasteiger partial charge in [-0.05, 0) is 79.8 Å². The summed E-state index contributed by atoms with van der Waals surface area (Å²) in [4.78, 5) is 17.3. The van der Waals surface area contributed by atoms with Gasteiger partial charge in [-0.25, -0.2) is 0 Å². The van der Waals surface area contributed by atoms with Crippen molar-refractivity contribution in [2.45, 2.75) is 44.9 Å². The van der Waals surface area contributed by atoms with Crippen LogP contribution >= 0.6 is 0 Å².